The largest absolute Gasteiger partial charge is 0.508 e. The van der Waals surface area contributed by atoms with Gasteiger partial charge in [0.05, 0.1) is 25.9 Å². The third kappa shape index (κ3) is 6.51. The molecule has 0 aliphatic carbocycles. The number of fused-ring (bicyclic) bond motifs is 1. The van der Waals surface area contributed by atoms with E-state index in [9.17, 15) is 5.11 Å². The summed E-state index contributed by atoms with van der Waals surface area (Å²) < 4.78 is 11.3. The van der Waals surface area contributed by atoms with Crippen LogP contribution in [-0.2, 0) is 17.7 Å². The molecule has 2 N–H and O–H groups in total. The predicted molar refractivity (Wildman–Crippen MR) is 142 cm³/mol. The molecule has 0 radical (unpaired) electrons. The van der Waals surface area contributed by atoms with Gasteiger partial charge < -0.3 is 24.8 Å². The maximum absolute atomic E-state index is 10.2. The molecule has 2 aromatic rings. The van der Waals surface area contributed by atoms with E-state index < -0.39 is 0 Å². The first-order valence-electron chi connectivity index (χ1n) is 11.5. The number of aromatic hydroxyl groups is 1. The van der Waals surface area contributed by atoms with Gasteiger partial charge in [-0.1, -0.05) is 36.4 Å². The molecule has 33 heavy (non-hydrogen) atoms. The number of aliphatic imine (C=N–C) groups is 1. The van der Waals surface area contributed by atoms with Crippen molar-refractivity contribution >= 4 is 29.9 Å². The summed E-state index contributed by atoms with van der Waals surface area (Å²) in [7, 11) is 1.60. The number of morpholine rings is 1. The van der Waals surface area contributed by atoms with Gasteiger partial charge in [0.25, 0.3) is 0 Å². The summed E-state index contributed by atoms with van der Waals surface area (Å²) in [6, 6.07) is 16.4. The second-order valence-corrected chi connectivity index (χ2v) is 8.32. The zero-order valence-electron chi connectivity index (χ0n) is 19.4. The van der Waals surface area contributed by atoms with Crippen LogP contribution in [0.3, 0.4) is 0 Å². The van der Waals surface area contributed by atoms with Gasteiger partial charge in [-0.15, -0.1) is 24.0 Å². The van der Waals surface area contributed by atoms with E-state index in [-0.39, 0.29) is 35.8 Å². The molecule has 0 saturated carbocycles. The summed E-state index contributed by atoms with van der Waals surface area (Å²) in [6.07, 6.45) is 0.865. The van der Waals surface area contributed by atoms with Gasteiger partial charge in [0.2, 0.25) is 0 Å². The number of likely N-dealkylation sites (tertiary alicyclic amines) is 1. The number of benzene rings is 2. The summed E-state index contributed by atoms with van der Waals surface area (Å²) in [5, 5.41) is 13.7. The summed E-state index contributed by atoms with van der Waals surface area (Å²) in [5.74, 6) is 1.82. The van der Waals surface area contributed by atoms with Crippen LogP contribution < -0.4 is 10.1 Å². The van der Waals surface area contributed by atoms with Gasteiger partial charge in [0, 0.05) is 45.3 Å². The Morgan fingerprint density at radius 3 is 2.76 bits per heavy atom. The van der Waals surface area contributed by atoms with Crippen molar-refractivity contribution in [1.29, 1.82) is 0 Å². The minimum absolute atomic E-state index is 0. The lowest BCUT2D eigenvalue weighted by molar-refractivity contribution is -0.0502. The van der Waals surface area contributed by atoms with Crippen molar-refractivity contribution in [2.75, 3.05) is 46.4 Å². The molecule has 2 atom stereocenters. The van der Waals surface area contributed by atoms with Crippen molar-refractivity contribution in [3.8, 4) is 11.5 Å². The van der Waals surface area contributed by atoms with E-state index in [1.54, 1.807) is 13.2 Å². The van der Waals surface area contributed by atoms with Crippen molar-refractivity contribution in [3.05, 3.63) is 59.7 Å². The summed E-state index contributed by atoms with van der Waals surface area (Å²) in [4.78, 5) is 9.72. The molecule has 2 saturated heterocycles. The molecule has 2 aromatic carbocycles. The lowest BCUT2D eigenvalue weighted by Crippen LogP contribution is -2.50. The van der Waals surface area contributed by atoms with Gasteiger partial charge in [-0.05, 0) is 30.5 Å². The topological polar surface area (TPSA) is 69.6 Å². The third-order valence-electron chi connectivity index (χ3n) is 6.21. The fourth-order valence-corrected chi connectivity index (χ4v) is 4.54. The smallest absolute Gasteiger partial charge is 0.194 e. The van der Waals surface area contributed by atoms with Crippen molar-refractivity contribution in [1.82, 2.24) is 15.1 Å². The molecule has 4 rings (SSSR count). The maximum Gasteiger partial charge on any atom is 0.194 e. The van der Waals surface area contributed by atoms with Gasteiger partial charge in [-0.2, -0.15) is 0 Å². The van der Waals surface area contributed by atoms with Gasteiger partial charge in [0.1, 0.15) is 11.5 Å². The monoisotopic (exact) mass is 566 g/mol. The van der Waals surface area contributed by atoms with Gasteiger partial charge in [0.15, 0.2) is 5.96 Å². The Balaban J connectivity index is 0.00000306. The standard InChI is InChI=1S/C25H34N4O3.HI/c1-3-26-25(27-12-11-20-9-10-21(31-2)15-23(20)30)29-17-22-24(18-29)32-14-13-28(22)16-19-7-5-4-6-8-19;/h4-10,15,22,24,30H,3,11-14,16-18H2,1-2H3,(H,26,27);1H. The molecule has 0 spiro atoms. The Bertz CT molecular complexity index is 912. The van der Waals surface area contributed by atoms with Crippen LogP contribution >= 0.6 is 24.0 Å². The quantitative estimate of drug-likeness (QED) is 0.305. The summed E-state index contributed by atoms with van der Waals surface area (Å²) in [5.41, 5.74) is 2.21. The maximum atomic E-state index is 10.2. The number of halogens is 1. The van der Waals surface area contributed by atoms with Crippen molar-refractivity contribution in [3.63, 3.8) is 0 Å². The van der Waals surface area contributed by atoms with E-state index in [2.05, 4.69) is 52.4 Å². The number of ether oxygens (including phenoxy) is 2. The molecule has 7 nitrogen and oxygen atoms in total. The van der Waals surface area contributed by atoms with Crippen LogP contribution in [0.25, 0.3) is 0 Å². The highest BCUT2D eigenvalue weighted by molar-refractivity contribution is 14.0. The highest BCUT2D eigenvalue weighted by Gasteiger charge is 2.41. The third-order valence-corrected chi connectivity index (χ3v) is 6.21. The minimum atomic E-state index is 0. The molecule has 2 aliphatic heterocycles. The number of rotatable bonds is 7. The molecule has 0 amide bonds. The first kappa shape index (κ1) is 25.6. The molecule has 2 unspecified atom stereocenters. The number of nitrogens with one attached hydrogen (secondary N) is 1. The van der Waals surface area contributed by atoms with Gasteiger partial charge in [-0.25, -0.2) is 0 Å². The van der Waals surface area contributed by atoms with Crippen molar-refractivity contribution < 1.29 is 14.6 Å². The minimum Gasteiger partial charge on any atom is -0.508 e. The first-order chi connectivity index (χ1) is 15.7. The second kappa shape index (κ2) is 12.4. The SMILES string of the molecule is CCNC(=NCCc1ccc(OC)cc1O)N1CC2OCCN(Cc3ccccc3)C2C1.I. The Labute approximate surface area is 213 Å². The van der Waals surface area contributed by atoms with E-state index in [0.29, 0.717) is 24.8 Å². The van der Waals surface area contributed by atoms with Crippen LogP contribution in [-0.4, -0.2) is 79.5 Å². The summed E-state index contributed by atoms with van der Waals surface area (Å²) >= 11 is 0. The number of phenols is 1. The van der Waals surface area contributed by atoms with Gasteiger partial charge >= 0.3 is 0 Å². The molecular formula is C25H35IN4O3. The molecular weight excluding hydrogens is 531 g/mol. The first-order valence-corrected chi connectivity index (χ1v) is 11.5. The van der Waals surface area contributed by atoms with E-state index in [1.807, 2.05) is 12.1 Å². The van der Waals surface area contributed by atoms with Crippen LogP contribution in [0.1, 0.15) is 18.1 Å². The molecule has 8 heteroatoms. The van der Waals surface area contributed by atoms with E-state index >= 15 is 0 Å². The normalized spacial score (nSPS) is 20.8. The average molecular weight is 566 g/mol. The van der Waals surface area contributed by atoms with Crippen LogP contribution in [0.4, 0.5) is 0 Å². The molecule has 0 bridgehead atoms. The summed E-state index contributed by atoms with van der Waals surface area (Å²) in [6.45, 7) is 7.92. The fourth-order valence-electron chi connectivity index (χ4n) is 4.54. The fraction of sp³-hybridized carbons (Fsp3) is 0.480. The Hall–Kier alpha value is -2.04. The van der Waals surface area contributed by atoms with Crippen molar-refractivity contribution in [2.24, 2.45) is 4.99 Å². The highest BCUT2D eigenvalue weighted by Crippen LogP contribution is 2.26. The number of guanidine groups is 1. The number of nitrogens with zero attached hydrogens (tertiary/aromatic N) is 3. The highest BCUT2D eigenvalue weighted by atomic mass is 127. The molecule has 180 valence electrons. The molecule has 0 aromatic heterocycles. The average Bonchev–Trinajstić information content (AvgIpc) is 3.25. The predicted octanol–water partition coefficient (Wildman–Crippen LogP) is 3.11. The second-order valence-electron chi connectivity index (χ2n) is 8.32. The zero-order chi connectivity index (χ0) is 22.3. The van der Waals surface area contributed by atoms with Crippen LogP contribution in [0.5, 0.6) is 11.5 Å². The molecule has 2 heterocycles. The zero-order valence-corrected chi connectivity index (χ0v) is 21.8. The van der Waals surface area contributed by atoms with Crippen LogP contribution in [0.2, 0.25) is 0 Å². The molecule has 2 aliphatic rings. The number of methoxy groups -OCH3 is 1. The van der Waals surface area contributed by atoms with E-state index in [4.69, 9.17) is 14.5 Å². The van der Waals surface area contributed by atoms with Gasteiger partial charge in [-0.3, -0.25) is 9.89 Å². The number of hydrogen-bond donors (Lipinski definition) is 2. The number of phenolic OH excluding ortho intramolecular Hbond substituents is 1. The van der Waals surface area contributed by atoms with E-state index in [1.165, 1.54) is 5.56 Å². The van der Waals surface area contributed by atoms with Crippen molar-refractivity contribution in [2.45, 2.75) is 32.0 Å². The van der Waals surface area contributed by atoms with Crippen LogP contribution in [0, 0.1) is 0 Å². The van der Waals surface area contributed by atoms with E-state index in [0.717, 1.165) is 50.9 Å². The Kier molecular flexibility index (Phi) is 9.64. The lowest BCUT2D eigenvalue weighted by atomic mass is 10.1. The molecule has 2 fully saturated rings. The Morgan fingerprint density at radius 1 is 1.21 bits per heavy atom. The lowest BCUT2D eigenvalue weighted by Gasteiger charge is -2.36. The van der Waals surface area contributed by atoms with Crippen LogP contribution in [0.15, 0.2) is 53.5 Å². The Morgan fingerprint density at radius 2 is 2.03 bits per heavy atom. The number of hydrogen-bond acceptors (Lipinski definition) is 5.